The summed E-state index contributed by atoms with van der Waals surface area (Å²) in [7, 11) is 0. The maximum atomic E-state index is 15.5. The maximum Gasteiger partial charge on any atom is 0.422 e. The average Bonchev–Trinajstić information content (AvgIpc) is 4.11. The summed E-state index contributed by atoms with van der Waals surface area (Å²) in [6.45, 7) is 3.13. The molecule has 0 aromatic heterocycles. The third kappa shape index (κ3) is 8.29. The monoisotopic (exact) mass is 847 g/mol. The molecule has 4 heterocycles. The van der Waals surface area contributed by atoms with Crippen molar-refractivity contribution in [2.45, 2.75) is 145 Å². The minimum absolute atomic E-state index is 0.0337. The minimum Gasteiger partial charge on any atom is -0.460 e. The topological polar surface area (TPSA) is 179 Å². The molecule has 1 aromatic carbocycles. The van der Waals surface area contributed by atoms with Crippen LogP contribution in [0, 0.1) is 17.3 Å². The van der Waals surface area contributed by atoms with Gasteiger partial charge in [-0.1, -0.05) is 24.3 Å². The van der Waals surface area contributed by atoms with Gasteiger partial charge in [-0.3, -0.25) is 24.0 Å². The zero-order valence-corrected chi connectivity index (χ0v) is 33.8. The summed E-state index contributed by atoms with van der Waals surface area (Å²) in [5.74, 6) is -3.99. The van der Waals surface area contributed by atoms with Crippen LogP contribution in [0.4, 0.5) is 13.2 Å². The average molecular weight is 848 g/mol. The van der Waals surface area contributed by atoms with E-state index in [1.807, 2.05) is 0 Å². The van der Waals surface area contributed by atoms with E-state index in [2.05, 4.69) is 10.1 Å². The SMILES string of the molecule is CC(C)(C)OC(=O)CCC(CO)NC(=O)C1CCCN1C(=O)C12CC3OC(=O)C1N(Cc1ccccc1C=CC(=O)OCC(F)(F)F)OC2C1OC(C2CC2)(C2CC2)OC31. The van der Waals surface area contributed by atoms with E-state index < -0.39 is 108 Å². The van der Waals surface area contributed by atoms with Crippen LogP contribution in [0.15, 0.2) is 30.3 Å². The summed E-state index contributed by atoms with van der Waals surface area (Å²) in [4.78, 5) is 76.6. The predicted octanol–water partition coefficient (Wildman–Crippen LogP) is 3.50. The first-order chi connectivity index (χ1) is 28.4. The Kier molecular flexibility index (Phi) is 11.3. The molecule has 3 saturated carbocycles. The van der Waals surface area contributed by atoms with Crippen LogP contribution in [0.25, 0.3) is 6.08 Å². The molecule has 328 valence electrons. The molecule has 7 aliphatic rings. The van der Waals surface area contributed by atoms with Gasteiger partial charge >= 0.3 is 24.1 Å². The number of nitrogens with zero attached hydrogens (tertiary/aromatic N) is 2. The van der Waals surface area contributed by atoms with Crippen molar-refractivity contribution in [1.29, 1.82) is 0 Å². The quantitative estimate of drug-likeness (QED) is 0.158. The van der Waals surface area contributed by atoms with Crippen molar-refractivity contribution in [1.82, 2.24) is 15.3 Å². The smallest absolute Gasteiger partial charge is 0.422 e. The van der Waals surface area contributed by atoms with Crippen LogP contribution in [0.3, 0.4) is 0 Å². The number of halogens is 3. The lowest BCUT2D eigenvalue weighted by Gasteiger charge is -2.50. The van der Waals surface area contributed by atoms with Gasteiger partial charge in [0.25, 0.3) is 0 Å². The number of carbonyl (C=O) groups excluding carboxylic acids is 5. The van der Waals surface area contributed by atoms with E-state index in [1.165, 1.54) is 16.0 Å². The Hall–Kier alpha value is -4.10. The van der Waals surface area contributed by atoms with Gasteiger partial charge in [-0.25, -0.2) is 4.79 Å². The van der Waals surface area contributed by atoms with Crippen LogP contribution in [0.2, 0.25) is 0 Å². The molecule has 0 radical (unpaired) electrons. The first-order valence-electron chi connectivity index (χ1n) is 20.9. The zero-order chi connectivity index (χ0) is 42.8. The van der Waals surface area contributed by atoms with E-state index in [9.17, 15) is 37.5 Å². The van der Waals surface area contributed by atoms with Crippen molar-refractivity contribution in [3.63, 3.8) is 0 Å². The number of hydroxylamine groups is 2. The van der Waals surface area contributed by atoms with Crippen LogP contribution in [-0.4, -0.2) is 125 Å². The van der Waals surface area contributed by atoms with Crippen LogP contribution >= 0.6 is 0 Å². The van der Waals surface area contributed by atoms with Gasteiger partial charge in [-0.2, -0.15) is 18.2 Å². The summed E-state index contributed by atoms with van der Waals surface area (Å²) in [6, 6.07) is 3.66. The van der Waals surface area contributed by atoms with Crippen molar-refractivity contribution in [3.05, 3.63) is 41.5 Å². The number of fused-ring (bicyclic) bond motifs is 4. The van der Waals surface area contributed by atoms with Crippen LogP contribution in [0.1, 0.15) is 89.7 Å². The second kappa shape index (κ2) is 16.0. The fraction of sp³-hybridized carbons (Fsp3) is 0.690. The van der Waals surface area contributed by atoms with Crippen molar-refractivity contribution < 1.29 is 70.8 Å². The van der Waals surface area contributed by atoms with Gasteiger partial charge in [0.15, 0.2) is 18.4 Å². The normalized spacial score (nSPS) is 31.4. The molecule has 2 N–H and O–H groups in total. The molecule has 8 atom stereocenters. The number of hydrogen-bond acceptors (Lipinski definition) is 13. The number of amides is 2. The van der Waals surface area contributed by atoms with Gasteiger partial charge < -0.3 is 39.0 Å². The minimum atomic E-state index is -4.69. The molecule has 60 heavy (non-hydrogen) atoms. The molecule has 2 amide bonds. The Bertz CT molecular complexity index is 1880. The third-order valence-corrected chi connectivity index (χ3v) is 12.5. The number of benzene rings is 1. The number of carbonyl (C=O) groups is 5. The van der Waals surface area contributed by atoms with Gasteiger partial charge in [0.2, 0.25) is 11.8 Å². The second-order valence-electron chi connectivity index (χ2n) is 18.1. The fourth-order valence-electron chi connectivity index (χ4n) is 9.75. The molecule has 8 rings (SSSR count). The number of hydrogen-bond donors (Lipinski definition) is 2. The lowest BCUT2D eigenvalue weighted by molar-refractivity contribution is -0.235. The van der Waals surface area contributed by atoms with E-state index in [4.69, 9.17) is 23.8 Å². The van der Waals surface area contributed by atoms with E-state index >= 15 is 4.79 Å². The molecular weight excluding hydrogens is 795 g/mol. The summed E-state index contributed by atoms with van der Waals surface area (Å²) in [5, 5.41) is 14.4. The van der Waals surface area contributed by atoms with Crippen LogP contribution in [0.5, 0.6) is 0 Å². The number of nitrogens with one attached hydrogen (secondary N) is 1. The van der Waals surface area contributed by atoms with Crippen molar-refractivity contribution >= 4 is 35.8 Å². The molecule has 4 aliphatic heterocycles. The number of rotatable bonds is 14. The Labute approximate surface area is 345 Å². The summed E-state index contributed by atoms with van der Waals surface area (Å²) >= 11 is 0. The zero-order valence-electron chi connectivity index (χ0n) is 33.8. The predicted molar refractivity (Wildman–Crippen MR) is 200 cm³/mol. The Balaban J connectivity index is 1.08. The standard InChI is InChI=1S/C42H52F3N3O12/c1-39(2,3)57-31(51)17-15-27(21-49)46-36(52)28-9-6-18-47(28)38(54)40-19-29-32-33(59-42(58-32,25-11-12-25)26-13-14-26)35(40)60-48(34(40)37(53)56-29)20-24-8-5-4-7-23(24)10-16-30(50)55-22-41(43,44)45/h4-5,7-8,10,16,25-29,32-35,49H,6,9,11-15,17-22H2,1-3H3,(H,46,52). The van der Waals surface area contributed by atoms with Gasteiger partial charge in [0.1, 0.15) is 41.5 Å². The van der Waals surface area contributed by atoms with E-state index in [0.29, 0.717) is 24.0 Å². The third-order valence-electron chi connectivity index (χ3n) is 12.5. The maximum absolute atomic E-state index is 15.5. The highest BCUT2D eigenvalue weighted by molar-refractivity contribution is 5.96. The highest BCUT2D eigenvalue weighted by Crippen LogP contribution is 2.64. The van der Waals surface area contributed by atoms with Crippen molar-refractivity contribution in [3.8, 4) is 0 Å². The largest absolute Gasteiger partial charge is 0.460 e. The summed E-state index contributed by atoms with van der Waals surface area (Å²) in [6.07, 6.45) is -1.38. The van der Waals surface area contributed by atoms with Crippen LogP contribution < -0.4 is 5.32 Å². The van der Waals surface area contributed by atoms with E-state index in [-0.39, 0.29) is 44.2 Å². The number of likely N-dealkylation sites (tertiary alicyclic amines) is 1. The Morgan fingerprint density at radius 3 is 2.40 bits per heavy atom. The Morgan fingerprint density at radius 2 is 1.73 bits per heavy atom. The second-order valence-corrected chi connectivity index (χ2v) is 18.1. The molecule has 8 unspecified atom stereocenters. The molecule has 3 aliphatic carbocycles. The molecule has 15 nitrogen and oxygen atoms in total. The summed E-state index contributed by atoms with van der Waals surface area (Å²) < 4.78 is 67.6. The molecule has 4 saturated heterocycles. The number of ether oxygens (including phenoxy) is 5. The molecule has 2 bridgehead atoms. The number of aliphatic hydroxyl groups excluding tert-OH is 1. The lowest BCUT2D eigenvalue weighted by Crippen LogP contribution is -2.70. The Morgan fingerprint density at radius 1 is 1.03 bits per heavy atom. The van der Waals surface area contributed by atoms with Gasteiger partial charge in [-0.15, -0.1) is 0 Å². The fourth-order valence-corrected chi connectivity index (χ4v) is 9.75. The highest BCUT2D eigenvalue weighted by Gasteiger charge is 2.78. The first kappa shape index (κ1) is 42.6. The van der Waals surface area contributed by atoms with Gasteiger partial charge in [-0.05, 0) is 82.9 Å². The van der Waals surface area contributed by atoms with E-state index in [0.717, 1.165) is 31.8 Å². The summed E-state index contributed by atoms with van der Waals surface area (Å²) in [5.41, 5.74) is -1.36. The van der Waals surface area contributed by atoms with Crippen molar-refractivity contribution in [2.75, 3.05) is 19.8 Å². The molecule has 1 aromatic rings. The molecular formula is C42H52F3N3O12. The molecule has 7 fully saturated rings. The molecule has 0 spiro atoms. The highest BCUT2D eigenvalue weighted by atomic mass is 19.4. The van der Waals surface area contributed by atoms with Crippen LogP contribution in [-0.2, 0) is 59.0 Å². The van der Waals surface area contributed by atoms with Gasteiger partial charge in [0.05, 0.1) is 19.2 Å². The van der Waals surface area contributed by atoms with E-state index in [1.54, 1.807) is 45.0 Å². The van der Waals surface area contributed by atoms with Crippen molar-refractivity contribution in [2.24, 2.45) is 17.3 Å². The lowest BCUT2D eigenvalue weighted by atomic mass is 9.62. The number of esters is 3. The van der Waals surface area contributed by atoms with Gasteiger partial charge in [0, 0.05) is 37.3 Å². The first-order valence-corrected chi connectivity index (χ1v) is 20.9. The number of aliphatic hydroxyl groups is 1. The molecule has 18 heteroatoms. The number of alkyl halides is 3.